The van der Waals surface area contributed by atoms with Crippen LogP contribution in [0.5, 0.6) is 0 Å². The number of hydrogen-bond donors (Lipinski definition) is 1. The van der Waals surface area contributed by atoms with E-state index in [1.807, 2.05) is 0 Å². The SMILES string of the molecule is CCCCC(N[Si](C)(C)C)P(=O)(O[Si](C)(C)C)O[Si](C)(C)C. The zero-order valence-corrected chi connectivity index (χ0v) is 20.3. The maximum Gasteiger partial charge on any atom is 0.327 e. The van der Waals surface area contributed by atoms with Crippen molar-refractivity contribution in [2.45, 2.75) is 90.9 Å². The third-order valence-corrected chi connectivity index (χ3v) is 11.6. The summed E-state index contributed by atoms with van der Waals surface area (Å²) in [5, 5.41) is 0. The summed E-state index contributed by atoms with van der Waals surface area (Å²) in [6.45, 7) is 21.4. The fraction of sp³-hybridized carbons (Fsp3) is 1.00. The molecule has 0 aliphatic rings. The summed E-state index contributed by atoms with van der Waals surface area (Å²) in [7, 11) is -8.65. The highest BCUT2D eigenvalue weighted by Gasteiger charge is 2.44. The van der Waals surface area contributed by atoms with Crippen LogP contribution in [0.25, 0.3) is 0 Å². The predicted molar refractivity (Wildman–Crippen MR) is 106 cm³/mol. The molecule has 0 aromatic rings. The molecule has 0 bridgehead atoms. The van der Waals surface area contributed by atoms with Crippen LogP contribution in [0.2, 0.25) is 58.9 Å². The Bertz CT molecular complexity index is 366. The summed E-state index contributed by atoms with van der Waals surface area (Å²) in [6.07, 6.45) is 2.98. The Kier molecular flexibility index (Phi) is 8.51. The molecule has 0 amide bonds. The minimum atomic E-state index is -3.15. The Balaban J connectivity index is 5.56. The van der Waals surface area contributed by atoms with Crippen LogP contribution in [0.4, 0.5) is 0 Å². The number of nitrogens with one attached hydrogen (secondary N) is 1. The van der Waals surface area contributed by atoms with Crippen LogP contribution in [-0.4, -0.2) is 30.7 Å². The Morgan fingerprint density at radius 2 is 1.32 bits per heavy atom. The van der Waals surface area contributed by atoms with E-state index in [9.17, 15) is 4.57 Å². The predicted octanol–water partition coefficient (Wildman–Crippen LogP) is 5.82. The van der Waals surface area contributed by atoms with Crippen LogP contribution >= 0.6 is 7.60 Å². The summed E-state index contributed by atoms with van der Waals surface area (Å²) < 4.78 is 26.1. The Hall–Kier alpha value is 0.761. The topological polar surface area (TPSA) is 47.6 Å². The Morgan fingerprint density at radius 3 is 1.59 bits per heavy atom. The largest absolute Gasteiger partial charge is 0.351 e. The molecule has 0 aliphatic carbocycles. The summed E-state index contributed by atoms with van der Waals surface area (Å²) in [6, 6.07) is 0. The lowest BCUT2D eigenvalue weighted by molar-refractivity contribution is 0.358. The lowest BCUT2D eigenvalue weighted by Crippen LogP contribution is -2.49. The fourth-order valence-electron chi connectivity index (χ4n) is 2.12. The molecule has 22 heavy (non-hydrogen) atoms. The van der Waals surface area contributed by atoms with Crippen molar-refractivity contribution in [2.24, 2.45) is 0 Å². The minimum Gasteiger partial charge on any atom is -0.351 e. The average molecular weight is 384 g/mol. The third kappa shape index (κ3) is 10.5. The van der Waals surface area contributed by atoms with Gasteiger partial charge in [0.05, 0.1) is 0 Å². The van der Waals surface area contributed by atoms with Crippen LogP contribution in [0.3, 0.4) is 0 Å². The Labute approximate surface area is 141 Å². The second-order valence-electron chi connectivity index (χ2n) is 9.00. The van der Waals surface area contributed by atoms with Gasteiger partial charge in [0.2, 0.25) is 0 Å². The molecule has 0 saturated heterocycles. The first kappa shape index (κ1) is 22.8. The van der Waals surface area contributed by atoms with Gasteiger partial charge in [0.1, 0.15) is 14.0 Å². The van der Waals surface area contributed by atoms with E-state index >= 15 is 0 Å². The summed E-state index contributed by atoms with van der Waals surface area (Å²) in [4.78, 5) is 3.65. The number of hydrogen-bond acceptors (Lipinski definition) is 4. The van der Waals surface area contributed by atoms with Crippen molar-refractivity contribution in [3.63, 3.8) is 0 Å². The highest BCUT2D eigenvalue weighted by molar-refractivity contribution is 7.57. The molecule has 1 atom stereocenters. The van der Waals surface area contributed by atoms with Crippen LogP contribution in [-0.2, 0) is 13.0 Å². The summed E-state index contributed by atoms with van der Waals surface area (Å²) in [5.41, 5.74) is 0. The lowest BCUT2D eigenvalue weighted by Gasteiger charge is -2.38. The molecule has 8 heteroatoms. The van der Waals surface area contributed by atoms with Gasteiger partial charge in [-0.1, -0.05) is 39.4 Å². The highest BCUT2D eigenvalue weighted by atomic mass is 31.2. The van der Waals surface area contributed by atoms with E-state index in [-0.39, 0.29) is 5.78 Å². The molecule has 0 aromatic carbocycles. The van der Waals surface area contributed by atoms with Gasteiger partial charge in [0.25, 0.3) is 0 Å². The molecule has 0 aromatic heterocycles. The van der Waals surface area contributed by atoms with Gasteiger partial charge in [0.15, 0.2) is 16.6 Å². The van der Waals surface area contributed by atoms with Crippen molar-refractivity contribution in [1.29, 1.82) is 0 Å². The highest BCUT2D eigenvalue weighted by Crippen LogP contribution is 2.57. The lowest BCUT2D eigenvalue weighted by atomic mass is 10.2. The molecule has 0 spiro atoms. The number of unbranched alkanes of at least 4 members (excludes halogenated alkanes) is 1. The molecule has 1 unspecified atom stereocenters. The van der Waals surface area contributed by atoms with Crippen molar-refractivity contribution in [3.05, 3.63) is 0 Å². The molecule has 0 fully saturated rings. The molecular formula is C14H38NO3PSi3. The van der Waals surface area contributed by atoms with Crippen molar-refractivity contribution in [3.8, 4) is 0 Å². The van der Waals surface area contributed by atoms with E-state index in [0.29, 0.717) is 0 Å². The first-order valence-corrected chi connectivity index (χ1v) is 20.3. The standard InChI is InChI=1S/C14H38NO3PSi3/c1-11-12-13-14(15-20(2,3)4)19(16,17-21(5,6)7)18-22(8,9)10/h14-15H,11-13H2,1-10H3. The molecule has 0 heterocycles. The van der Waals surface area contributed by atoms with Gasteiger partial charge in [0, 0.05) is 0 Å². The van der Waals surface area contributed by atoms with E-state index in [1.54, 1.807) is 0 Å². The van der Waals surface area contributed by atoms with E-state index in [1.165, 1.54) is 0 Å². The molecule has 4 nitrogen and oxygen atoms in total. The van der Waals surface area contributed by atoms with Gasteiger partial charge in [-0.3, -0.25) is 4.57 Å². The molecule has 0 aliphatic heterocycles. The van der Waals surface area contributed by atoms with Crippen LogP contribution in [0.15, 0.2) is 0 Å². The van der Waals surface area contributed by atoms with E-state index in [4.69, 9.17) is 8.43 Å². The first-order chi connectivity index (χ1) is 9.58. The van der Waals surface area contributed by atoms with Crippen LogP contribution in [0, 0.1) is 0 Å². The van der Waals surface area contributed by atoms with E-state index < -0.39 is 32.5 Å². The maximum atomic E-state index is 13.7. The molecule has 0 radical (unpaired) electrons. The second kappa shape index (κ2) is 8.23. The van der Waals surface area contributed by atoms with Crippen molar-refractivity contribution >= 4 is 32.5 Å². The fourth-order valence-corrected chi connectivity index (χ4v) is 13.2. The Morgan fingerprint density at radius 1 is 0.909 bits per heavy atom. The normalized spacial score (nSPS) is 15.9. The average Bonchev–Trinajstić information content (AvgIpc) is 2.16. The third-order valence-electron chi connectivity index (χ3n) is 2.61. The van der Waals surface area contributed by atoms with Gasteiger partial charge >= 0.3 is 7.60 Å². The van der Waals surface area contributed by atoms with Gasteiger partial charge in [-0.2, -0.15) is 0 Å². The smallest absolute Gasteiger partial charge is 0.327 e. The number of rotatable bonds is 10. The molecule has 0 saturated carbocycles. The summed E-state index contributed by atoms with van der Waals surface area (Å²) >= 11 is 0. The van der Waals surface area contributed by atoms with Crippen molar-refractivity contribution < 1.29 is 13.0 Å². The van der Waals surface area contributed by atoms with Gasteiger partial charge in [-0.15, -0.1) is 0 Å². The minimum absolute atomic E-state index is 0.169. The van der Waals surface area contributed by atoms with Gasteiger partial charge in [-0.05, 0) is 45.7 Å². The molecule has 134 valence electrons. The van der Waals surface area contributed by atoms with Gasteiger partial charge < -0.3 is 13.4 Å². The molecular weight excluding hydrogens is 345 g/mol. The second-order valence-corrected chi connectivity index (χ2v) is 25.4. The first-order valence-electron chi connectivity index (χ1n) is 8.37. The monoisotopic (exact) mass is 383 g/mol. The maximum absolute atomic E-state index is 13.7. The van der Waals surface area contributed by atoms with E-state index in [2.05, 4.69) is 70.8 Å². The quantitative estimate of drug-likeness (QED) is 0.381. The van der Waals surface area contributed by atoms with E-state index in [0.717, 1.165) is 19.3 Å². The zero-order valence-electron chi connectivity index (χ0n) is 16.4. The van der Waals surface area contributed by atoms with Crippen LogP contribution in [0.1, 0.15) is 26.2 Å². The molecule has 1 N–H and O–H groups in total. The van der Waals surface area contributed by atoms with Crippen LogP contribution < -0.4 is 4.98 Å². The van der Waals surface area contributed by atoms with Crippen molar-refractivity contribution in [2.75, 3.05) is 0 Å². The van der Waals surface area contributed by atoms with Crippen molar-refractivity contribution in [1.82, 2.24) is 4.98 Å². The zero-order chi connectivity index (χ0) is 17.8. The molecule has 0 rings (SSSR count). The summed E-state index contributed by atoms with van der Waals surface area (Å²) in [5.74, 6) is -0.169. The van der Waals surface area contributed by atoms with Gasteiger partial charge in [-0.25, -0.2) is 0 Å².